The third-order valence-electron chi connectivity index (χ3n) is 3.70. The second-order valence-corrected chi connectivity index (χ2v) is 5.58. The molecule has 0 aliphatic heterocycles. The summed E-state index contributed by atoms with van der Waals surface area (Å²) < 4.78 is 21.6. The predicted molar refractivity (Wildman–Crippen MR) is 84.5 cm³/mol. The van der Waals surface area contributed by atoms with Crippen molar-refractivity contribution in [1.29, 1.82) is 0 Å². The number of hydrogen-bond acceptors (Lipinski definition) is 4. The summed E-state index contributed by atoms with van der Waals surface area (Å²) in [5, 5.41) is 0. The molecule has 0 radical (unpaired) electrons. The Labute approximate surface area is 128 Å². The molecule has 1 aromatic carbocycles. The van der Waals surface area contributed by atoms with Gasteiger partial charge in [0.2, 0.25) is 0 Å². The molecule has 21 heavy (non-hydrogen) atoms. The molecule has 0 atom stereocenters. The Morgan fingerprint density at radius 2 is 1.43 bits per heavy atom. The van der Waals surface area contributed by atoms with Gasteiger partial charge >= 0.3 is 0 Å². The SMILES string of the molecule is CCC(C)(C)c1ccc(OCCOC)c(OCCOC)c1. The van der Waals surface area contributed by atoms with E-state index in [1.807, 2.05) is 6.07 Å². The van der Waals surface area contributed by atoms with Gasteiger partial charge in [-0.25, -0.2) is 0 Å². The standard InChI is InChI=1S/C17H28O4/c1-6-17(2,3)14-7-8-15(20-11-9-18-4)16(13-14)21-12-10-19-5/h7-8,13H,6,9-12H2,1-5H3. The molecule has 0 amide bonds. The van der Waals surface area contributed by atoms with Crippen LogP contribution in [0.25, 0.3) is 0 Å². The van der Waals surface area contributed by atoms with Crippen LogP contribution >= 0.6 is 0 Å². The van der Waals surface area contributed by atoms with Gasteiger partial charge in [-0.3, -0.25) is 0 Å². The van der Waals surface area contributed by atoms with E-state index in [2.05, 4.69) is 32.9 Å². The first-order chi connectivity index (χ1) is 10.0. The highest BCUT2D eigenvalue weighted by Crippen LogP contribution is 2.35. The van der Waals surface area contributed by atoms with Crippen LogP contribution in [0.2, 0.25) is 0 Å². The number of hydrogen-bond donors (Lipinski definition) is 0. The van der Waals surface area contributed by atoms with E-state index in [-0.39, 0.29) is 5.41 Å². The van der Waals surface area contributed by atoms with Gasteiger partial charge in [-0.2, -0.15) is 0 Å². The number of ether oxygens (including phenoxy) is 4. The van der Waals surface area contributed by atoms with Crippen LogP contribution in [-0.4, -0.2) is 40.6 Å². The predicted octanol–water partition coefficient (Wildman–Crippen LogP) is 3.42. The summed E-state index contributed by atoms with van der Waals surface area (Å²) in [6, 6.07) is 6.15. The first-order valence-electron chi connectivity index (χ1n) is 7.43. The lowest BCUT2D eigenvalue weighted by molar-refractivity contribution is 0.132. The highest BCUT2D eigenvalue weighted by molar-refractivity contribution is 5.45. The van der Waals surface area contributed by atoms with Gasteiger partial charge in [0.1, 0.15) is 13.2 Å². The minimum absolute atomic E-state index is 0.116. The molecule has 1 aromatic rings. The van der Waals surface area contributed by atoms with Crippen LogP contribution in [0.5, 0.6) is 11.5 Å². The van der Waals surface area contributed by atoms with E-state index in [9.17, 15) is 0 Å². The Kier molecular flexibility index (Phi) is 7.54. The summed E-state index contributed by atoms with van der Waals surface area (Å²) in [4.78, 5) is 0. The maximum atomic E-state index is 5.80. The largest absolute Gasteiger partial charge is 0.487 e. The molecule has 0 saturated heterocycles. The van der Waals surface area contributed by atoms with E-state index >= 15 is 0 Å². The molecule has 0 unspecified atom stereocenters. The smallest absolute Gasteiger partial charge is 0.161 e. The molecule has 0 bridgehead atoms. The van der Waals surface area contributed by atoms with Crippen LogP contribution in [0.4, 0.5) is 0 Å². The Hall–Kier alpha value is -1.26. The first-order valence-corrected chi connectivity index (χ1v) is 7.43. The molecule has 4 heteroatoms. The topological polar surface area (TPSA) is 36.9 Å². The first kappa shape index (κ1) is 17.8. The van der Waals surface area contributed by atoms with Crippen LogP contribution in [0, 0.1) is 0 Å². The lowest BCUT2D eigenvalue weighted by Gasteiger charge is -2.24. The molecule has 120 valence electrons. The van der Waals surface area contributed by atoms with Crippen LogP contribution in [-0.2, 0) is 14.9 Å². The molecule has 4 nitrogen and oxygen atoms in total. The number of methoxy groups -OCH3 is 2. The fraction of sp³-hybridized carbons (Fsp3) is 0.647. The van der Waals surface area contributed by atoms with Crippen LogP contribution in [0.15, 0.2) is 18.2 Å². The third kappa shape index (κ3) is 5.56. The fourth-order valence-electron chi connectivity index (χ4n) is 1.84. The van der Waals surface area contributed by atoms with E-state index in [0.29, 0.717) is 26.4 Å². The maximum absolute atomic E-state index is 5.80. The van der Waals surface area contributed by atoms with Crippen molar-refractivity contribution >= 4 is 0 Å². The van der Waals surface area contributed by atoms with Gasteiger partial charge in [-0.15, -0.1) is 0 Å². The van der Waals surface area contributed by atoms with Crippen molar-refractivity contribution in [2.45, 2.75) is 32.6 Å². The second-order valence-electron chi connectivity index (χ2n) is 5.58. The monoisotopic (exact) mass is 296 g/mol. The summed E-state index contributed by atoms with van der Waals surface area (Å²) >= 11 is 0. The van der Waals surface area contributed by atoms with E-state index in [0.717, 1.165) is 17.9 Å². The molecule has 0 aliphatic carbocycles. The van der Waals surface area contributed by atoms with Gasteiger partial charge < -0.3 is 18.9 Å². The van der Waals surface area contributed by atoms with Gasteiger partial charge in [-0.1, -0.05) is 26.8 Å². The van der Waals surface area contributed by atoms with Crippen LogP contribution in [0.3, 0.4) is 0 Å². The highest BCUT2D eigenvalue weighted by Gasteiger charge is 2.20. The summed E-state index contributed by atoms with van der Waals surface area (Å²) in [7, 11) is 3.32. The molecular weight excluding hydrogens is 268 g/mol. The van der Waals surface area contributed by atoms with E-state index in [1.54, 1.807) is 14.2 Å². The van der Waals surface area contributed by atoms with Crippen molar-refractivity contribution in [3.05, 3.63) is 23.8 Å². The minimum Gasteiger partial charge on any atom is -0.487 e. The minimum atomic E-state index is 0.116. The van der Waals surface area contributed by atoms with E-state index < -0.39 is 0 Å². The van der Waals surface area contributed by atoms with E-state index in [1.165, 1.54) is 5.56 Å². The summed E-state index contributed by atoms with van der Waals surface area (Å²) in [6.45, 7) is 8.77. The zero-order chi connectivity index (χ0) is 15.7. The summed E-state index contributed by atoms with van der Waals surface area (Å²) in [5.41, 5.74) is 1.36. The quantitative estimate of drug-likeness (QED) is 0.620. The van der Waals surface area contributed by atoms with Crippen molar-refractivity contribution < 1.29 is 18.9 Å². The average molecular weight is 296 g/mol. The molecule has 0 aliphatic rings. The number of benzene rings is 1. The Morgan fingerprint density at radius 1 is 0.857 bits per heavy atom. The van der Waals surface area contributed by atoms with Crippen molar-refractivity contribution in [3.8, 4) is 11.5 Å². The molecule has 0 fully saturated rings. The average Bonchev–Trinajstić information content (AvgIpc) is 2.49. The van der Waals surface area contributed by atoms with Gasteiger partial charge in [0, 0.05) is 14.2 Å². The molecule has 0 aromatic heterocycles. The van der Waals surface area contributed by atoms with Crippen LogP contribution in [0.1, 0.15) is 32.8 Å². The van der Waals surface area contributed by atoms with Gasteiger partial charge in [0.15, 0.2) is 11.5 Å². The molecule has 0 heterocycles. The molecule has 0 saturated carbocycles. The summed E-state index contributed by atoms with van der Waals surface area (Å²) in [6.07, 6.45) is 1.06. The maximum Gasteiger partial charge on any atom is 0.161 e. The zero-order valence-corrected chi connectivity index (χ0v) is 13.9. The highest BCUT2D eigenvalue weighted by atomic mass is 16.5. The van der Waals surface area contributed by atoms with Gasteiger partial charge in [0.05, 0.1) is 13.2 Å². The number of rotatable bonds is 10. The summed E-state index contributed by atoms with van der Waals surface area (Å²) in [5.74, 6) is 1.51. The molecule has 0 spiro atoms. The van der Waals surface area contributed by atoms with E-state index in [4.69, 9.17) is 18.9 Å². The van der Waals surface area contributed by atoms with Gasteiger partial charge in [0.25, 0.3) is 0 Å². The second kappa shape index (κ2) is 8.90. The molecule has 1 rings (SSSR count). The lowest BCUT2D eigenvalue weighted by Crippen LogP contribution is -2.16. The Balaban J connectivity index is 2.90. The van der Waals surface area contributed by atoms with Crippen molar-refractivity contribution in [2.75, 3.05) is 40.6 Å². The fourth-order valence-corrected chi connectivity index (χ4v) is 1.84. The van der Waals surface area contributed by atoms with Gasteiger partial charge in [-0.05, 0) is 29.5 Å². The normalized spacial score (nSPS) is 11.5. The lowest BCUT2D eigenvalue weighted by atomic mass is 9.82. The zero-order valence-electron chi connectivity index (χ0n) is 13.9. The molecule has 0 N–H and O–H groups in total. The Morgan fingerprint density at radius 3 is 1.95 bits per heavy atom. The van der Waals surface area contributed by atoms with Crippen molar-refractivity contribution in [2.24, 2.45) is 0 Å². The third-order valence-corrected chi connectivity index (χ3v) is 3.70. The Bertz CT molecular complexity index is 415. The van der Waals surface area contributed by atoms with Crippen LogP contribution < -0.4 is 9.47 Å². The van der Waals surface area contributed by atoms with Crippen molar-refractivity contribution in [1.82, 2.24) is 0 Å². The van der Waals surface area contributed by atoms with Crippen molar-refractivity contribution in [3.63, 3.8) is 0 Å². The molecular formula is C17H28O4.